The molecule has 2 aromatic rings. The van der Waals surface area contributed by atoms with E-state index in [0.29, 0.717) is 0 Å². The quantitative estimate of drug-likeness (QED) is 0.916. The van der Waals surface area contributed by atoms with Gasteiger partial charge in [-0.1, -0.05) is 25.1 Å². The molecule has 2 unspecified atom stereocenters. The summed E-state index contributed by atoms with van der Waals surface area (Å²) >= 11 is 0. The van der Waals surface area contributed by atoms with Crippen LogP contribution >= 0.6 is 0 Å². The number of aliphatic hydroxyl groups excluding tert-OH is 1. The van der Waals surface area contributed by atoms with Crippen molar-refractivity contribution in [1.82, 2.24) is 9.88 Å². The average Bonchev–Trinajstić information content (AvgIpc) is 2.44. The highest BCUT2D eigenvalue weighted by molar-refractivity contribution is 5.82. The summed E-state index contributed by atoms with van der Waals surface area (Å²) in [5, 5.41) is 11.9. The Kier molecular flexibility index (Phi) is 3.88. The summed E-state index contributed by atoms with van der Waals surface area (Å²) in [5.74, 6) is 0. The lowest BCUT2D eigenvalue weighted by molar-refractivity contribution is 0.00175. The fourth-order valence-electron chi connectivity index (χ4n) is 2.45. The monoisotopic (exact) mass is 258 g/mol. The van der Waals surface area contributed by atoms with Crippen molar-refractivity contribution >= 4 is 10.9 Å². The van der Waals surface area contributed by atoms with Crippen molar-refractivity contribution in [2.75, 3.05) is 14.1 Å². The first kappa shape index (κ1) is 14.0. The Hall–Kier alpha value is -1.45. The van der Waals surface area contributed by atoms with Crippen molar-refractivity contribution in [3.8, 4) is 0 Å². The Morgan fingerprint density at radius 1 is 1.26 bits per heavy atom. The molecule has 0 amide bonds. The highest BCUT2D eigenvalue weighted by Crippen LogP contribution is 2.35. The molecule has 2 atom stereocenters. The number of fused-ring (bicyclic) bond motifs is 1. The third-order valence-corrected chi connectivity index (χ3v) is 4.30. The molecule has 3 nitrogen and oxygen atoms in total. The summed E-state index contributed by atoms with van der Waals surface area (Å²) in [6.45, 7) is 4.19. The maximum absolute atomic E-state index is 10.8. The van der Waals surface area contributed by atoms with Crippen LogP contribution in [0, 0.1) is 0 Å². The molecule has 1 aromatic heterocycles. The second-order valence-electron chi connectivity index (χ2n) is 5.43. The lowest BCUT2D eigenvalue weighted by Crippen LogP contribution is -2.46. The number of pyridine rings is 1. The Bertz CT molecular complexity index is 562. The van der Waals surface area contributed by atoms with Gasteiger partial charge in [0.2, 0.25) is 0 Å². The van der Waals surface area contributed by atoms with E-state index in [9.17, 15) is 5.11 Å². The number of aliphatic hydroxyl groups is 1. The molecule has 0 radical (unpaired) electrons. The van der Waals surface area contributed by atoms with Crippen LogP contribution in [0.3, 0.4) is 0 Å². The first-order chi connectivity index (χ1) is 9.00. The predicted molar refractivity (Wildman–Crippen MR) is 79.1 cm³/mol. The summed E-state index contributed by atoms with van der Waals surface area (Å²) in [5.41, 5.74) is 1.59. The van der Waals surface area contributed by atoms with Crippen LogP contribution < -0.4 is 0 Å². The van der Waals surface area contributed by atoms with Crippen LogP contribution in [-0.4, -0.2) is 34.6 Å². The number of benzene rings is 1. The van der Waals surface area contributed by atoms with Crippen molar-refractivity contribution in [1.29, 1.82) is 0 Å². The summed E-state index contributed by atoms with van der Waals surface area (Å²) in [6.07, 6.45) is 2.11. The van der Waals surface area contributed by atoms with Gasteiger partial charge in [-0.15, -0.1) is 0 Å². The molecule has 1 N–H and O–H groups in total. The van der Waals surface area contributed by atoms with Gasteiger partial charge in [-0.05, 0) is 45.1 Å². The zero-order chi connectivity index (χ0) is 14.0. The molecule has 0 aliphatic carbocycles. The van der Waals surface area contributed by atoms with Gasteiger partial charge in [-0.25, -0.2) is 0 Å². The van der Waals surface area contributed by atoms with Crippen LogP contribution in [-0.2, 0) is 0 Å². The smallest absolute Gasteiger partial charge is 0.0977 e. The average molecular weight is 258 g/mol. The maximum Gasteiger partial charge on any atom is 0.0977 e. The maximum atomic E-state index is 10.8. The fraction of sp³-hybridized carbons (Fsp3) is 0.438. The van der Waals surface area contributed by atoms with Crippen molar-refractivity contribution in [2.24, 2.45) is 0 Å². The number of nitrogens with zero attached hydrogens (tertiary/aromatic N) is 2. The van der Waals surface area contributed by atoms with Crippen molar-refractivity contribution < 1.29 is 5.11 Å². The van der Waals surface area contributed by atoms with Gasteiger partial charge in [0.05, 0.1) is 11.6 Å². The normalized spacial score (nSPS) is 16.5. The van der Waals surface area contributed by atoms with Crippen LogP contribution in [0.15, 0.2) is 36.5 Å². The molecule has 0 saturated carbocycles. The zero-order valence-electron chi connectivity index (χ0n) is 12.1. The molecular formula is C16H22N2O. The molecule has 19 heavy (non-hydrogen) atoms. The van der Waals surface area contributed by atoms with Gasteiger partial charge in [0, 0.05) is 17.1 Å². The van der Waals surface area contributed by atoms with E-state index in [-0.39, 0.29) is 5.54 Å². The first-order valence-corrected chi connectivity index (χ1v) is 6.70. The van der Waals surface area contributed by atoms with E-state index in [1.807, 2.05) is 44.4 Å². The molecule has 2 rings (SSSR count). The van der Waals surface area contributed by atoms with E-state index < -0.39 is 6.10 Å². The zero-order valence-corrected chi connectivity index (χ0v) is 12.1. The third kappa shape index (κ3) is 2.36. The Labute approximate surface area is 114 Å². The number of likely N-dealkylation sites (N-methyl/N-ethyl adjacent to an activating group) is 1. The lowest BCUT2D eigenvalue weighted by atomic mass is 9.84. The summed E-state index contributed by atoms with van der Waals surface area (Å²) in [6, 6.07) is 9.86. The Morgan fingerprint density at radius 2 is 2.00 bits per heavy atom. The van der Waals surface area contributed by atoms with Gasteiger partial charge in [-0.2, -0.15) is 0 Å². The van der Waals surface area contributed by atoms with Gasteiger partial charge in [0.15, 0.2) is 0 Å². The lowest BCUT2D eigenvalue weighted by Gasteiger charge is -2.40. The molecule has 0 aliphatic heterocycles. The summed E-state index contributed by atoms with van der Waals surface area (Å²) in [4.78, 5) is 6.44. The third-order valence-electron chi connectivity index (χ3n) is 4.30. The number of aromatic nitrogens is 1. The number of hydrogen-bond acceptors (Lipinski definition) is 3. The van der Waals surface area contributed by atoms with Crippen LogP contribution in [0.2, 0.25) is 0 Å². The largest absolute Gasteiger partial charge is 0.386 e. The van der Waals surface area contributed by atoms with Crippen molar-refractivity contribution in [3.05, 3.63) is 42.1 Å². The Morgan fingerprint density at radius 3 is 2.63 bits per heavy atom. The molecule has 0 bridgehead atoms. The van der Waals surface area contributed by atoms with E-state index in [0.717, 1.165) is 22.9 Å². The van der Waals surface area contributed by atoms with E-state index in [4.69, 9.17) is 0 Å². The summed E-state index contributed by atoms with van der Waals surface area (Å²) in [7, 11) is 4.02. The topological polar surface area (TPSA) is 36.4 Å². The minimum absolute atomic E-state index is 0.288. The Balaban J connectivity index is 2.55. The van der Waals surface area contributed by atoms with Crippen molar-refractivity contribution in [2.45, 2.75) is 31.9 Å². The van der Waals surface area contributed by atoms with Crippen molar-refractivity contribution in [3.63, 3.8) is 0 Å². The van der Waals surface area contributed by atoms with Crippen LogP contribution in [0.1, 0.15) is 31.9 Å². The van der Waals surface area contributed by atoms with Gasteiger partial charge in [0.1, 0.15) is 0 Å². The van der Waals surface area contributed by atoms with Crippen LogP contribution in [0.25, 0.3) is 10.9 Å². The summed E-state index contributed by atoms with van der Waals surface area (Å²) < 4.78 is 0. The predicted octanol–water partition coefficient (Wildman–Crippen LogP) is 3.00. The van der Waals surface area contributed by atoms with E-state index in [1.54, 1.807) is 6.20 Å². The second kappa shape index (κ2) is 5.27. The number of hydrogen-bond donors (Lipinski definition) is 1. The molecule has 1 aromatic carbocycles. The van der Waals surface area contributed by atoms with Gasteiger partial charge in [-0.3, -0.25) is 4.98 Å². The molecule has 3 heteroatoms. The van der Waals surface area contributed by atoms with Crippen LogP contribution in [0.4, 0.5) is 0 Å². The fourth-order valence-corrected chi connectivity index (χ4v) is 2.45. The molecule has 0 spiro atoms. The minimum Gasteiger partial charge on any atom is -0.386 e. The molecule has 0 saturated heterocycles. The van der Waals surface area contributed by atoms with Crippen LogP contribution in [0.5, 0.6) is 0 Å². The standard InChI is InChI=1S/C16H22N2O/c1-5-16(2,18(3)4)15(19)13-8-6-10-14-12(13)9-7-11-17-14/h6-11,15,19H,5H2,1-4H3. The molecule has 0 aliphatic rings. The molecular weight excluding hydrogens is 236 g/mol. The molecule has 1 heterocycles. The van der Waals surface area contributed by atoms with E-state index in [2.05, 4.69) is 23.7 Å². The number of rotatable bonds is 4. The van der Waals surface area contributed by atoms with Gasteiger partial charge in [0.25, 0.3) is 0 Å². The van der Waals surface area contributed by atoms with E-state index in [1.165, 1.54) is 0 Å². The highest BCUT2D eigenvalue weighted by Gasteiger charge is 2.35. The van der Waals surface area contributed by atoms with Gasteiger partial charge >= 0.3 is 0 Å². The van der Waals surface area contributed by atoms with Gasteiger partial charge < -0.3 is 10.0 Å². The van der Waals surface area contributed by atoms with E-state index >= 15 is 0 Å². The molecule has 102 valence electrons. The minimum atomic E-state index is -0.541. The first-order valence-electron chi connectivity index (χ1n) is 6.70. The highest BCUT2D eigenvalue weighted by atomic mass is 16.3. The molecule has 0 fully saturated rings. The second-order valence-corrected chi connectivity index (χ2v) is 5.43. The SMILES string of the molecule is CCC(C)(C(O)c1cccc2ncccc12)N(C)C.